The van der Waals surface area contributed by atoms with Crippen molar-refractivity contribution in [2.45, 2.75) is 65.1 Å². The van der Waals surface area contributed by atoms with E-state index in [0.717, 1.165) is 32.1 Å². The van der Waals surface area contributed by atoms with E-state index in [4.69, 9.17) is 4.74 Å². The maximum atomic E-state index is 5.68. The summed E-state index contributed by atoms with van der Waals surface area (Å²) in [6, 6.07) is 0. The van der Waals surface area contributed by atoms with Crippen LogP contribution in [0.1, 0.15) is 50.5 Å². The van der Waals surface area contributed by atoms with Gasteiger partial charge in [0.2, 0.25) is 0 Å². The van der Waals surface area contributed by atoms with Crippen LogP contribution in [0.3, 0.4) is 0 Å². The van der Waals surface area contributed by atoms with Gasteiger partial charge in [0.1, 0.15) is 5.82 Å². The summed E-state index contributed by atoms with van der Waals surface area (Å²) in [6.07, 6.45) is 8.53. The lowest BCUT2D eigenvalue weighted by molar-refractivity contribution is 0.101. The topological polar surface area (TPSA) is 39.1 Å². The van der Waals surface area contributed by atoms with Crippen molar-refractivity contribution in [2.24, 2.45) is 0 Å². The predicted octanol–water partition coefficient (Wildman–Crippen LogP) is 2.65. The van der Waals surface area contributed by atoms with Crippen LogP contribution >= 0.6 is 0 Å². The Morgan fingerprint density at radius 1 is 1.53 bits per heavy atom. The molecule has 2 heterocycles. The molecule has 4 heteroatoms. The Morgan fingerprint density at radius 3 is 3.16 bits per heavy atom. The zero-order chi connectivity index (χ0) is 13.5. The van der Waals surface area contributed by atoms with E-state index in [1.807, 2.05) is 6.20 Å². The molecule has 108 valence electrons. The van der Waals surface area contributed by atoms with E-state index in [-0.39, 0.29) is 0 Å². The van der Waals surface area contributed by atoms with E-state index in [1.165, 1.54) is 37.8 Å². The number of nitrogens with one attached hydrogen (secondary N) is 1. The van der Waals surface area contributed by atoms with Gasteiger partial charge in [0.05, 0.1) is 11.8 Å². The van der Waals surface area contributed by atoms with Crippen LogP contribution in [0.4, 0.5) is 0 Å². The average Bonchev–Trinajstić information content (AvgIpc) is 3.03. The number of rotatable bonds is 8. The third-order valence-electron chi connectivity index (χ3n) is 3.80. The zero-order valence-electron chi connectivity index (χ0n) is 12.3. The standard InChI is InChI=1S/C15H27N3O/c1-3-8-16-11-14-12-17-13(2)18(14)9-4-6-15-7-5-10-19-15/h12,15-16H,3-11H2,1-2H3. The molecule has 0 aliphatic carbocycles. The Bertz CT molecular complexity index is 369. The van der Waals surface area contributed by atoms with Crippen LogP contribution in [0.2, 0.25) is 0 Å². The summed E-state index contributed by atoms with van der Waals surface area (Å²) in [5.74, 6) is 1.13. The Hall–Kier alpha value is -0.870. The summed E-state index contributed by atoms with van der Waals surface area (Å²) in [5.41, 5.74) is 1.30. The minimum Gasteiger partial charge on any atom is -0.378 e. The van der Waals surface area contributed by atoms with Crippen LogP contribution in [0.5, 0.6) is 0 Å². The van der Waals surface area contributed by atoms with Crippen LogP contribution in [0, 0.1) is 6.92 Å². The molecule has 0 spiro atoms. The van der Waals surface area contributed by atoms with Crippen LogP contribution in [-0.2, 0) is 17.8 Å². The van der Waals surface area contributed by atoms with Gasteiger partial charge in [-0.25, -0.2) is 4.98 Å². The molecule has 1 unspecified atom stereocenters. The van der Waals surface area contributed by atoms with E-state index in [9.17, 15) is 0 Å². The van der Waals surface area contributed by atoms with E-state index in [2.05, 4.69) is 28.7 Å². The third kappa shape index (κ3) is 4.32. The van der Waals surface area contributed by atoms with Gasteiger partial charge in [0, 0.05) is 25.9 Å². The SMILES string of the molecule is CCCNCc1cnc(C)n1CCCC1CCCO1. The van der Waals surface area contributed by atoms with Gasteiger partial charge >= 0.3 is 0 Å². The Kier molecular flexibility index (Phi) is 5.86. The maximum absolute atomic E-state index is 5.68. The number of aryl methyl sites for hydroxylation is 1. The first-order valence-electron chi connectivity index (χ1n) is 7.64. The van der Waals surface area contributed by atoms with Gasteiger partial charge < -0.3 is 14.6 Å². The van der Waals surface area contributed by atoms with Gasteiger partial charge in [-0.3, -0.25) is 0 Å². The highest BCUT2D eigenvalue weighted by Gasteiger charge is 2.15. The van der Waals surface area contributed by atoms with Crippen LogP contribution in [-0.4, -0.2) is 28.8 Å². The molecule has 0 saturated carbocycles. The fourth-order valence-electron chi connectivity index (χ4n) is 2.70. The molecule has 0 bridgehead atoms. The first kappa shape index (κ1) is 14.5. The molecule has 2 rings (SSSR count). The molecule has 1 atom stereocenters. The van der Waals surface area contributed by atoms with Crippen molar-refractivity contribution in [3.05, 3.63) is 17.7 Å². The molecule has 1 saturated heterocycles. The molecule has 19 heavy (non-hydrogen) atoms. The molecule has 0 amide bonds. The third-order valence-corrected chi connectivity index (χ3v) is 3.80. The number of aromatic nitrogens is 2. The van der Waals surface area contributed by atoms with Crippen molar-refractivity contribution in [1.82, 2.24) is 14.9 Å². The molecule has 0 radical (unpaired) electrons. The average molecular weight is 265 g/mol. The van der Waals surface area contributed by atoms with E-state index in [1.54, 1.807) is 0 Å². The van der Waals surface area contributed by atoms with Gasteiger partial charge in [0.25, 0.3) is 0 Å². The lowest BCUT2D eigenvalue weighted by Gasteiger charge is -2.13. The first-order chi connectivity index (χ1) is 9.31. The van der Waals surface area contributed by atoms with Crippen molar-refractivity contribution in [2.75, 3.05) is 13.2 Å². The molecule has 1 N–H and O–H groups in total. The molecular formula is C15H27N3O. The molecule has 1 aromatic heterocycles. The summed E-state index contributed by atoms with van der Waals surface area (Å²) >= 11 is 0. The normalized spacial score (nSPS) is 19.2. The highest BCUT2D eigenvalue weighted by molar-refractivity contribution is 5.04. The summed E-state index contributed by atoms with van der Waals surface area (Å²) in [7, 11) is 0. The van der Waals surface area contributed by atoms with Crippen molar-refractivity contribution in [3.8, 4) is 0 Å². The van der Waals surface area contributed by atoms with Crippen LogP contribution < -0.4 is 5.32 Å². The number of nitrogens with zero attached hydrogens (tertiary/aromatic N) is 2. The second-order valence-corrected chi connectivity index (χ2v) is 5.40. The second-order valence-electron chi connectivity index (χ2n) is 5.40. The monoisotopic (exact) mass is 265 g/mol. The summed E-state index contributed by atoms with van der Waals surface area (Å²) in [4.78, 5) is 4.44. The maximum Gasteiger partial charge on any atom is 0.105 e. The van der Waals surface area contributed by atoms with Crippen LogP contribution in [0.15, 0.2) is 6.20 Å². The summed E-state index contributed by atoms with van der Waals surface area (Å²) in [6.45, 7) is 8.30. The number of ether oxygens (including phenoxy) is 1. The fourth-order valence-corrected chi connectivity index (χ4v) is 2.70. The van der Waals surface area contributed by atoms with Crippen LogP contribution in [0.25, 0.3) is 0 Å². The Morgan fingerprint density at radius 2 is 2.42 bits per heavy atom. The minimum atomic E-state index is 0.505. The van der Waals surface area contributed by atoms with E-state index in [0.29, 0.717) is 6.10 Å². The summed E-state index contributed by atoms with van der Waals surface area (Å²) in [5, 5.41) is 3.45. The fraction of sp³-hybridized carbons (Fsp3) is 0.800. The molecule has 1 fully saturated rings. The van der Waals surface area contributed by atoms with Gasteiger partial charge in [-0.15, -0.1) is 0 Å². The van der Waals surface area contributed by atoms with Crippen molar-refractivity contribution in [1.29, 1.82) is 0 Å². The molecule has 1 aromatic rings. The molecule has 1 aliphatic rings. The van der Waals surface area contributed by atoms with Gasteiger partial charge in [-0.2, -0.15) is 0 Å². The summed E-state index contributed by atoms with van der Waals surface area (Å²) < 4.78 is 8.02. The quantitative estimate of drug-likeness (QED) is 0.734. The largest absolute Gasteiger partial charge is 0.378 e. The van der Waals surface area contributed by atoms with Crippen molar-refractivity contribution < 1.29 is 4.74 Å². The van der Waals surface area contributed by atoms with E-state index >= 15 is 0 Å². The molecular weight excluding hydrogens is 238 g/mol. The van der Waals surface area contributed by atoms with Gasteiger partial charge in [-0.05, 0) is 45.6 Å². The number of hydrogen-bond acceptors (Lipinski definition) is 3. The minimum absolute atomic E-state index is 0.505. The van der Waals surface area contributed by atoms with Crippen molar-refractivity contribution >= 4 is 0 Å². The lowest BCUT2D eigenvalue weighted by atomic mass is 10.1. The van der Waals surface area contributed by atoms with E-state index < -0.39 is 0 Å². The Balaban J connectivity index is 1.78. The molecule has 4 nitrogen and oxygen atoms in total. The zero-order valence-corrected chi connectivity index (χ0v) is 12.3. The first-order valence-corrected chi connectivity index (χ1v) is 7.64. The smallest absolute Gasteiger partial charge is 0.105 e. The van der Waals surface area contributed by atoms with Crippen molar-refractivity contribution in [3.63, 3.8) is 0 Å². The molecule has 0 aromatic carbocycles. The lowest BCUT2D eigenvalue weighted by Crippen LogP contribution is -2.18. The van der Waals surface area contributed by atoms with Gasteiger partial charge in [-0.1, -0.05) is 6.92 Å². The van der Waals surface area contributed by atoms with Gasteiger partial charge in [0.15, 0.2) is 0 Å². The highest BCUT2D eigenvalue weighted by Crippen LogP contribution is 2.17. The highest BCUT2D eigenvalue weighted by atomic mass is 16.5. The Labute approximate surface area is 116 Å². The molecule has 1 aliphatic heterocycles. The second kappa shape index (κ2) is 7.65. The number of imidazole rings is 1. The predicted molar refractivity (Wildman–Crippen MR) is 77.2 cm³/mol. The number of hydrogen-bond donors (Lipinski definition) is 1.